The predicted octanol–water partition coefficient (Wildman–Crippen LogP) is 4.59. The molecule has 0 aliphatic carbocycles. The molecule has 2 bridgehead atoms. The second-order valence-corrected chi connectivity index (χ2v) is 16.7. The molecule has 3 fully saturated rings. The smallest absolute Gasteiger partial charge is 0.392 e. The Morgan fingerprint density at radius 1 is 1.19 bits per heavy atom. The lowest BCUT2D eigenvalue weighted by Gasteiger charge is -2.43. The molecule has 0 aromatic heterocycles. The Labute approximate surface area is 209 Å². The zero-order chi connectivity index (χ0) is 27.2. The molecule has 1 aromatic carbocycles. The number of ether oxygens (including phenoxy) is 1. The molecule has 3 unspecified atom stereocenters. The Balaban J connectivity index is 1.70. The van der Waals surface area contributed by atoms with Crippen LogP contribution in [0.3, 0.4) is 0 Å². The van der Waals surface area contributed by atoms with Crippen LogP contribution in [0.4, 0.5) is 18.9 Å². The number of halogens is 3. The zero-order valence-electron chi connectivity index (χ0n) is 21.4. The van der Waals surface area contributed by atoms with E-state index in [0.717, 1.165) is 11.0 Å². The van der Waals surface area contributed by atoms with Gasteiger partial charge in [0, 0.05) is 5.92 Å². The first-order valence-electron chi connectivity index (χ1n) is 11.8. The van der Waals surface area contributed by atoms with Crippen molar-refractivity contribution in [2.45, 2.75) is 82.8 Å². The second kappa shape index (κ2) is 7.87. The highest BCUT2D eigenvalue weighted by atomic mass is 28.4. The second-order valence-electron chi connectivity index (χ2n) is 12.0. The quantitative estimate of drug-likeness (QED) is 0.351. The standard InChI is InChI=1S/C25H31F3N2O5Si/c1-22(2,3)36(6,7)34-21(33)16-11-23(4)17-18(24(16,5)35-23)20(32)30(19(17)31)14-9-8-13(12-29)15(10-14)25(26,27)28/h8-10,16-18,21,33H,11H2,1-7H3/t16-,17-,18+,21?,23?,24?/m0/s1. The predicted molar refractivity (Wildman–Crippen MR) is 126 cm³/mol. The number of hydrogen-bond donors (Lipinski definition) is 1. The van der Waals surface area contributed by atoms with Crippen LogP contribution in [0, 0.1) is 29.1 Å². The number of hydrogen-bond acceptors (Lipinski definition) is 6. The lowest BCUT2D eigenvalue weighted by Crippen LogP contribution is -2.54. The molecule has 1 N–H and O–H groups in total. The van der Waals surface area contributed by atoms with Crippen LogP contribution in [0.5, 0.6) is 0 Å². The Morgan fingerprint density at radius 2 is 1.78 bits per heavy atom. The number of nitrogens with zero attached hydrogens (tertiary/aromatic N) is 2. The number of amides is 2. The Hall–Kier alpha value is -2.26. The molecule has 3 saturated heterocycles. The fourth-order valence-electron chi connectivity index (χ4n) is 5.81. The van der Waals surface area contributed by atoms with Crippen molar-refractivity contribution < 1.29 is 37.0 Å². The molecule has 2 amide bonds. The molecule has 36 heavy (non-hydrogen) atoms. The summed E-state index contributed by atoms with van der Waals surface area (Å²) < 4.78 is 53.1. The van der Waals surface area contributed by atoms with Crippen molar-refractivity contribution in [3.05, 3.63) is 29.3 Å². The molecule has 4 rings (SSSR count). The van der Waals surface area contributed by atoms with Crippen LogP contribution in [-0.2, 0) is 24.9 Å². The topological polar surface area (TPSA) is 99.9 Å². The Morgan fingerprint density at radius 3 is 2.31 bits per heavy atom. The number of benzene rings is 1. The number of aliphatic hydroxyl groups excluding tert-OH is 1. The maximum atomic E-state index is 13.6. The van der Waals surface area contributed by atoms with Crippen molar-refractivity contribution in [3.8, 4) is 6.07 Å². The van der Waals surface area contributed by atoms with Gasteiger partial charge in [-0.1, -0.05) is 20.8 Å². The molecule has 7 nitrogen and oxygen atoms in total. The third-order valence-corrected chi connectivity index (χ3v) is 13.1. The van der Waals surface area contributed by atoms with E-state index in [4.69, 9.17) is 14.4 Å². The van der Waals surface area contributed by atoms with Gasteiger partial charge in [0.1, 0.15) is 6.29 Å². The van der Waals surface area contributed by atoms with E-state index in [2.05, 4.69) is 0 Å². The first kappa shape index (κ1) is 26.8. The fourth-order valence-corrected chi connectivity index (χ4v) is 6.93. The first-order chi connectivity index (χ1) is 16.3. The molecule has 196 valence electrons. The highest BCUT2D eigenvalue weighted by Crippen LogP contribution is 2.64. The first-order valence-corrected chi connectivity index (χ1v) is 14.7. The monoisotopic (exact) mass is 524 g/mol. The largest absolute Gasteiger partial charge is 0.417 e. The van der Waals surface area contributed by atoms with E-state index in [-0.39, 0.29) is 17.1 Å². The summed E-state index contributed by atoms with van der Waals surface area (Å²) in [6, 6.07) is 4.29. The lowest BCUT2D eigenvalue weighted by atomic mass is 9.63. The lowest BCUT2D eigenvalue weighted by molar-refractivity contribution is -0.146. The van der Waals surface area contributed by atoms with Gasteiger partial charge in [-0.25, -0.2) is 4.90 Å². The Bertz CT molecular complexity index is 1170. The number of carbonyl (C=O) groups is 2. The van der Waals surface area contributed by atoms with Crippen molar-refractivity contribution in [1.29, 1.82) is 5.26 Å². The van der Waals surface area contributed by atoms with E-state index in [1.54, 1.807) is 13.8 Å². The number of anilines is 1. The molecule has 3 aliphatic heterocycles. The van der Waals surface area contributed by atoms with Gasteiger partial charge >= 0.3 is 6.18 Å². The average Bonchev–Trinajstić information content (AvgIpc) is 3.26. The van der Waals surface area contributed by atoms with Crippen LogP contribution in [0.1, 0.15) is 52.2 Å². The molecule has 11 heteroatoms. The third kappa shape index (κ3) is 3.72. The maximum Gasteiger partial charge on any atom is 0.417 e. The summed E-state index contributed by atoms with van der Waals surface area (Å²) in [5.74, 6) is -3.83. The highest BCUT2D eigenvalue weighted by Gasteiger charge is 2.76. The molecule has 0 spiro atoms. The number of rotatable bonds is 4. The molecule has 0 saturated carbocycles. The van der Waals surface area contributed by atoms with Crippen LogP contribution < -0.4 is 4.90 Å². The zero-order valence-corrected chi connectivity index (χ0v) is 22.4. The van der Waals surface area contributed by atoms with Gasteiger partial charge in [-0.05, 0) is 56.6 Å². The summed E-state index contributed by atoms with van der Waals surface area (Å²) in [6.07, 6.45) is -5.81. The number of alkyl halides is 3. The minimum Gasteiger partial charge on any atom is -0.392 e. The van der Waals surface area contributed by atoms with Gasteiger partial charge in [-0.3, -0.25) is 9.59 Å². The van der Waals surface area contributed by atoms with Gasteiger partial charge in [0.25, 0.3) is 0 Å². The SMILES string of the molecule is CC12C[C@@H](C(O)O[Si](C)(C)C(C)(C)C)C(C)(O1)[C@H]1C(=O)N(c3ccc(C#N)c(C(F)(F)F)c3)C(=O)[C@H]12. The van der Waals surface area contributed by atoms with E-state index in [1.165, 1.54) is 12.1 Å². The molecule has 3 aliphatic rings. The van der Waals surface area contributed by atoms with E-state index in [0.29, 0.717) is 6.07 Å². The summed E-state index contributed by atoms with van der Waals surface area (Å²) in [6.45, 7) is 13.5. The summed E-state index contributed by atoms with van der Waals surface area (Å²) in [5, 5.41) is 20.1. The van der Waals surface area contributed by atoms with E-state index >= 15 is 0 Å². The fraction of sp³-hybridized carbons (Fsp3) is 0.640. The van der Waals surface area contributed by atoms with E-state index < -0.39 is 72.7 Å². The van der Waals surface area contributed by atoms with Crippen LogP contribution in [-0.4, -0.2) is 42.7 Å². The van der Waals surface area contributed by atoms with Crippen LogP contribution in [0.25, 0.3) is 0 Å². The van der Waals surface area contributed by atoms with Crippen molar-refractivity contribution in [1.82, 2.24) is 0 Å². The van der Waals surface area contributed by atoms with Crippen molar-refractivity contribution in [3.63, 3.8) is 0 Å². The molecule has 6 atom stereocenters. The average molecular weight is 525 g/mol. The van der Waals surface area contributed by atoms with Crippen molar-refractivity contribution in [2.75, 3.05) is 4.90 Å². The summed E-state index contributed by atoms with van der Waals surface area (Å²) in [4.78, 5) is 27.9. The number of fused-ring (bicyclic) bond motifs is 5. The highest BCUT2D eigenvalue weighted by molar-refractivity contribution is 6.74. The minimum absolute atomic E-state index is 0.179. The van der Waals surface area contributed by atoms with Gasteiger partial charge in [0.05, 0.1) is 45.9 Å². The molecule has 0 radical (unpaired) electrons. The van der Waals surface area contributed by atoms with Gasteiger partial charge in [0.15, 0.2) is 8.32 Å². The molecular weight excluding hydrogens is 493 g/mol. The Kier molecular flexibility index (Phi) is 5.86. The number of aliphatic hydroxyl groups is 1. The van der Waals surface area contributed by atoms with Crippen LogP contribution >= 0.6 is 0 Å². The number of nitriles is 1. The van der Waals surface area contributed by atoms with Crippen LogP contribution in [0.15, 0.2) is 18.2 Å². The molecule has 1 aromatic rings. The maximum absolute atomic E-state index is 13.6. The molecule has 3 heterocycles. The van der Waals surface area contributed by atoms with E-state index in [9.17, 15) is 27.9 Å². The van der Waals surface area contributed by atoms with Crippen LogP contribution in [0.2, 0.25) is 18.1 Å². The van der Waals surface area contributed by atoms with Gasteiger partial charge in [0.2, 0.25) is 11.8 Å². The van der Waals surface area contributed by atoms with Crippen molar-refractivity contribution >= 4 is 25.8 Å². The van der Waals surface area contributed by atoms with Crippen molar-refractivity contribution in [2.24, 2.45) is 17.8 Å². The number of imide groups is 1. The third-order valence-electron chi connectivity index (χ3n) is 8.65. The normalized spacial score (nSPS) is 33.2. The van der Waals surface area contributed by atoms with Gasteiger partial charge in [-0.15, -0.1) is 0 Å². The number of carbonyl (C=O) groups excluding carboxylic acids is 2. The van der Waals surface area contributed by atoms with Gasteiger partial charge in [-0.2, -0.15) is 18.4 Å². The summed E-state index contributed by atoms with van der Waals surface area (Å²) in [7, 11) is -2.38. The summed E-state index contributed by atoms with van der Waals surface area (Å²) in [5.41, 5.74) is -4.40. The van der Waals surface area contributed by atoms with E-state index in [1.807, 2.05) is 33.9 Å². The summed E-state index contributed by atoms with van der Waals surface area (Å²) >= 11 is 0. The minimum atomic E-state index is -4.83. The molecular formula is C25H31F3N2O5Si. The van der Waals surface area contributed by atoms with Gasteiger partial charge < -0.3 is 14.3 Å².